The molecular formula is C17H17ClF3N3O. The van der Waals surface area contributed by atoms with Crippen LogP contribution < -0.4 is 5.32 Å². The van der Waals surface area contributed by atoms with Crippen molar-refractivity contribution in [3.63, 3.8) is 0 Å². The normalized spacial score (nSPS) is 21.1. The number of halogens is 4. The first-order chi connectivity index (χ1) is 11.8. The van der Waals surface area contributed by atoms with Gasteiger partial charge in [-0.05, 0) is 31.4 Å². The van der Waals surface area contributed by atoms with Gasteiger partial charge in [0.15, 0.2) is 0 Å². The Labute approximate surface area is 147 Å². The van der Waals surface area contributed by atoms with Crippen LogP contribution >= 0.6 is 11.6 Å². The number of hydrogen-bond donors (Lipinski definition) is 2. The van der Waals surface area contributed by atoms with Crippen molar-refractivity contribution >= 4 is 17.5 Å². The van der Waals surface area contributed by atoms with Crippen molar-refractivity contribution in [1.29, 1.82) is 0 Å². The smallest absolute Gasteiger partial charge is 0.349 e. The maximum absolute atomic E-state index is 12.9. The van der Waals surface area contributed by atoms with Crippen molar-refractivity contribution < 1.29 is 18.0 Å². The van der Waals surface area contributed by atoms with Crippen molar-refractivity contribution in [1.82, 2.24) is 15.5 Å². The van der Waals surface area contributed by atoms with Crippen LogP contribution in [-0.4, -0.2) is 28.3 Å². The molecular weight excluding hydrogens is 355 g/mol. The summed E-state index contributed by atoms with van der Waals surface area (Å²) >= 11 is 5.86. The van der Waals surface area contributed by atoms with Crippen LogP contribution in [-0.2, 0) is 0 Å². The summed E-state index contributed by atoms with van der Waals surface area (Å²) < 4.78 is 38.7. The summed E-state index contributed by atoms with van der Waals surface area (Å²) in [5.74, 6) is -1.78. The molecule has 8 heteroatoms. The van der Waals surface area contributed by atoms with Gasteiger partial charge in [-0.25, -0.2) is 0 Å². The molecule has 1 aliphatic carbocycles. The lowest BCUT2D eigenvalue weighted by Gasteiger charge is -2.31. The van der Waals surface area contributed by atoms with Crippen LogP contribution in [0.1, 0.15) is 36.0 Å². The van der Waals surface area contributed by atoms with Gasteiger partial charge in [0, 0.05) is 16.6 Å². The summed E-state index contributed by atoms with van der Waals surface area (Å²) in [7, 11) is 0. The minimum absolute atomic E-state index is 0.0800. The Kier molecular flexibility index (Phi) is 5.03. The Morgan fingerprint density at radius 1 is 1.24 bits per heavy atom. The number of H-pyrrole nitrogens is 1. The van der Waals surface area contributed by atoms with Crippen LogP contribution in [0.15, 0.2) is 30.5 Å². The highest BCUT2D eigenvalue weighted by Gasteiger charge is 2.42. The molecule has 25 heavy (non-hydrogen) atoms. The number of benzene rings is 1. The molecule has 3 rings (SSSR count). The van der Waals surface area contributed by atoms with Crippen LogP contribution in [0.4, 0.5) is 13.2 Å². The van der Waals surface area contributed by atoms with E-state index in [0.29, 0.717) is 29.1 Å². The Hall–Kier alpha value is -2.02. The van der Waals surface area contributed by atoms with Gasteiger partial charge in [-0.3, -0.25) is 9.89 Å². The fraction of sp³-hybridized carbons (Fsp3) is 0.412. The predicted octanol–water partition coefficient (Wildman–Crippen LogP) is 4.58. The molecule has 2 atom stereocenters. The topological polar surface area (TPSA) is 57.8 Å². The summed E-state index contributed by atoms with van der Waals surface area (Å²) in [4.78, 5) is 12.5. The average molecular weight is 372 g/mol. The highest BCUT2D eigenvalue weighted by Crippen LogP contribution is 2.37. The molecule has 0 aliphatic heterocycles. The maximum Gasteiger partial charge on any atom is 0.391 e. The van der Waals surface area contributed by atoms with Gasteiger partial charge >= 0.3 is 6.18 Å². The first-order valence-corrected chi connectivity index (χ1v) is 8.39. The number of nitrogens with zero attached hydrogens (tertiary/aromatic N) is 1. The van der Waals surface area contributed by atoms with Crippen molar-refractivity contribution in [2.24, 2.45) is 5.92 Å². The third kappa shape index (κ3) is 4.15. The number of nitrogens with one attached hydrogen (secondary N) is 2. The van der Waals surface area contributed by atoms with E-state index in [1.54, 1.807) is 24.3 Å². The van der Waals surface area contributed by atoms with Gasteiger partial charge < -0.3 is 5.32 Å². The number of carbonyl (C=O) groups excluding carboxylic acids is 1. The molecule has 2 unspecified atom stereocenters. The number of amides is 1. The second-order valence-electron chi connectivity index (χ2n) is 6.24. The fourth-order valence-electron chi connectivity index (χ4n) is 3.18. The summed E-state index contributed by atoms with van der Waals surface area (Å²) in [5, 5.41) is 9.93. The molecule has 1 amide bonds. The van der Waals surface area contributed by atoms with Gasteiger partial charge in [-0.1, -0.05) is 30.2 Å². The van der Waals surface area contributed by atoms with E-state index < -0.39 is 24.0 Å². The summed E-state index contributed by atoms with van der Waals surface area (Å²) in [6.45, 7) is 0. The molecule has 0 bridgehead atoms. The molecule has 1 aromatic heterocycles. The lowest BCUT2D eigenvalue weighted by atomic mass is 9.85. The molecule has 1 fully saturated rings. The number of hydrogen-bond acceptors (Lipinski definition) is 2. The van der Waals surface area contributed by atoms with E-state index in [1.807, 2.05) is 0 Å². The number of rotatable bonds is 3. The molecule has 0 saturated heterocycles. The third-order valence-electron chi connectivity index (χ3n) is 4.49. The molecule has 134 valence electrons. The van der Waals surface area contributed by atoms with Crippen LogP contribution in [0.3, 0.4) is 0 Å². The fourth-order valence-corrected chi connectivity index (χ4v) is 3.30. The van der Waals surface area contributed by atoms with E-state index in [1.165, 1.54) is 6.20 Å². The van der Waals surface area contributed by atoms with E-state index in [-0.39, 0.29) is 12.8 Å². The molecule has 1 aromatic carbocycles. The molecule has 2 N–H and O–H groups in total. The van der Waals surface area contributed by atoms with Gasteiger partial charge in [0.05, 0.1) is 23.4 Å². The van der Waals surface area contributed by atoms with Gasteiger partial charge in [0.1, 0.15) is 0 Å². The molecule has 4 nitrogen and oxygen atoms in total. The first kappa shape index (κ1) is 17.8. The second kappa shape index (κ2) is 7.07. The zero-order valence-electron chi connectivity index (χ0n) is 13.2. The van der Waals surface area contributed by atoms with Crippen molar-refractivity contribution in [2.75, 3.05) is 0 Å². The Bertz CT molecular complexity index is 742. The molecule has 2 aromatic rings. The average Bonchev–Trinajstić information content (AvgIpc) is 3.05. The monoisotopic (exact) mass is 371 g/mol. The maximum atomic E-state index is 12.9. The van der Waals surface area contributed by atoms with Gasteiger partial charge in [-0.2, -0.15) is 18.3 Å². The van der Waals surface area contributed by atoms with Gasteiger partial charge in [-0.15, -0.1) is 0 Å². The summed E-state index contributed by atoms with van der Waals surface area (Å²) in [6, 6.07) is 6.38. The number of alkyl halides is 3. The predicted molar refractivity (Wildman–Crippen MR) is 88.3 cm³/mol. The van der Waals surface area contributed by atoms with E-state index in [0.717, 1.165) is 5.56 Å². The highest BCUT2D eigenvalue weighted by molar-refractivity contribution is 6.30. The van der Waals surface area contributed by atoms with E-state index in [2.05, 4.69) is 15.5 Å². The van der Waals surface area contributed by atoms with E-state index in [9.17, 15) is 18.0 Å². The van der Waals surface area contributed by atoms with Crippen LogP contribution in [0.2, 0.25) is 5.02 Å². The van der Waals surface area contributed by atoms with Gasteiger partial charge in [0.25, 0.3) is 5.91 Å². The first-order valence-electron chi connectivity index (χ1n) is 8.01. The zero-order chi connectivity index (χ0) is 18.0. The Morgan fingerprint density at radius 3 is 2.64 bits per heavy atom. The van der Waals surface area contributed by atoms with Crippen molar-refractivity contribution in [2.45, 2.75) is 37.9 Å². The number of aromatic nitrogens is 2. The SMILES string of the molecule is O=C(NC1CCCC(C(F)(F)F)C1)c1cn[nH]c1-c1ccc(Cl)cc1. The highest BCUT2D eigenvalue weighted by atomic mass is 35.5. The Morgan fingerprint density at radius 2 is 1.96 bits per heavy atom. The quantitative estimate of drug-likeness (QED) is 0.829. The molecule has 1 aliphatic rings. The van der Waals surface area contributed by atoms with Crippen LogP contribution in [0, 0.1) is 5.92 Å². The van der Waals surface area contributed by atoms with Crippen LogP contribution in [0.5, 0.6) is 0 Å². The number of carbonyl (C=O) groups is 1. The zero-order valence-corrected chi connectivity index (χ0v) is 14.0. The van der Waals surface area contributed by atoms with Gasteiger partial charge in [0.2, 0.25) is 0 Å². The summed E-state index contributed by atoms with van der Waals surface area (Å²) in [5.41, 5.74) is 1.54. The lowest BCUT2D eigenvalue weighted by Crippen LogP contribution is -2.41. The number of aromatic amines is 1. The minimum Gasteiger partial charge on any atom is -0.349 e. The van der Waals surface area contributed by atoms with Crippen LogP contribution in [0.25, 0.3) is 11.3 Å². The third-order valence-corrected chi connectivity index (χ3v) is 4.74. The van der Waals surface area contributed by atoms with E-state index >= 15 is 0 Å². The lowest BCUT2D eigenvalue weighted by molar-refractivity contribution is -0.183. The standard InChI is InChI=1S/C17H17ClF3N3O/c18-12-6-4-10(5-7-12)15-14(9-22-24-15)16(25)23-13-3-1-2-11(8-13)17(19,20)21/h4-7,9,11,13H,1-3,8H2,(H,22,24)(H,23,25). The molecule has 0 radical (unpaired) electrons. The van der Waals surface area contributed by atoms with Crippen molar-refractivity contribution in [3.8, 4) is 11.3 Å². The second-order valence-corrected chi connectivity index (χ2v) is 6.68. The Balaban J connectivity index is 1.72. The summed E-state index contributed by atoms with van der Waals surface area (Å²) in [6.07, 6.45) is -1.80. The molecule has 1 saturated carbocycles. The van der Waals surface area contributed by atoms with E-state index in [4.69, 9.17) is 11.6 Å². The molecule has 0 spiro atoms. The molecule has 1 heterocycles. The van der Waals surface area contributed by atoms with Crippen molar-refractivity contribution in [3.05, 3.63) is 41.0 Å². The minimum atomic E-state index is -4.21. The largest absolute Gasteiger partial charge is 0.391 e.